The molecule has 3 nitrogen and oxygen atoms in total. The van der Waals surface area contributed by atoms with E-state index in [1.165, 1.54) is 19.3 Å². The minimum absolute atomic E-state index is 0.0832. The Morgan fingerprint density at radius 2 is 1.78 bits per heavy atom. The van der Waals surface area contributed by atoms with Gasteiger partial charge < -0.3 is 5.32 Å². The second kappa shape index (κ2) is 8.31. The topological polar surface area (TPSA) is 24.5 Å². The number of hydroxylamine groups is 2. The number of nitrogens with zero attached hydrogens (tertiary/aromatic N) is 1. The van der Waals surface area contributed by atoms with E-state index in [-0.39, 0.29) is 11.1 Å². The highest BCUT2D eigenvalue weighted by atomic mass is 16.7. The molecule has 1 heterocycles. The van der Waals surface area contributed by atoms with Gasteiger partial charge >= 0.3 is 0 Å². The van der Waals surface area contributed by atoms with E-state index in [1.807, 2.05) is 0 Å². The molecule has 1 rings (SSSR count). The van der Waals surface area contributed by atoms with Gasteiger partial charge in [0.15, 0.2) is 0 Å². The number of hydrogen-bond donors (Lipinski definition) is 1. The maximum atomic E-state index is 6.18. The highest BCUT2D eigenvalue weighted by molar-refractivity contribution is 5.00. The molecule has 0 aromatic heterocycles. The van der Waals surface area contributed by atoms with Crippen LogP contribution in [-0.4, -0.2) is 35.3 Å². The van der Waals surface area contributed by atoms with Crippen LogP contribution < -0.4 is 5.32 Å². The van der Waals surface area contributed by atoms with Gasteiger partial charge in [0.05, 0.1) is 6.61 Å². The summed E-state index contributed by atoms with van der Waals surface area (Å²) in [5.41, 5.74) is 0.648. The van der Waals surface area contributed by atoms with Crippen molar-refractivity contribution in [3.8, 4) is 0 Å². The van der Waals surface area contributed by atoms with Gasteiger partial charge in [0.1, 0.15) is 0 Å². The summed E-state index contributed by atoms with van der Waals surface area (Å²) in [4.78, 5) is 6.18. The van der Waals surface area contributed by atoms with Crippen LogP contribution in [0.1, 0.15) is 93.9 Å². The third kappa shape index (κ3) is 6.36. The molecule has 0 aromatic rings. The Hall–Kier alpha value is -0.120. The molecule has 0 aromatic carbocycles. The highest BCUT2D eigenvalue weighted by Crippen LogP contribution is 2.40. The summed E-state index contributed by atoms with van der Waals surface area (Å²) in [7, 11) is 0. The first-order chi connectivity index (χ1) is 10.5. The van der Waals surface area contributed by atoms with E-state index in [2.05, 4.69) is 65.8 Å². The molecule has 0 radical (unpaired) electrons. The molecule has 2 unspecified atom stereocenters. The molecule has 0 bridgehead atoms. The van der Waals surface area contributed by atoms with Gasteiger partial charge in [-0.15, -0.1) is 0 Å². The van der Waals surface area contributed by atoms with E-state index >= 15 is 0 Å². The highest BCUT2D eigenvalue weighted by Gasteiger charge is 2.47. The van der Waals surface area contributed by atoms with Gasteiger partial charge in [0.25, 0.3) is 0 Å². The Balaban J connectivity index is 2.63. The molecule has 138 valence electrons. The average molecular weight is 327 g/mol. The molecule has 1 fully saturated rings. The molecule has 0 saturated carbocycles. The Labute approximate surface area is 145 Å². The van der Waals surface area contributed by atoms with Crippen molar-refractivity contribution in [2.45, 2.75) is 111 Å². The van der Waals surface area contributed by atoms with Gasteiger partial charge in [-0.25, -0.2) is 0 Å². The molecule has 3 heteroatoms. The zero-order valence-corrected chi connectivity index (χ0v) is 17.1. The summed E-state index contributed by atoms with van der Waals surface area (Å²) in [6.45, 7) is 20.4. The van der Waals surface area contributed by atoms with Crippen LogP contribution in [0.4, 0.5) is 0 Å². The summed E-state index contributed by atoms with van der Waals surface area (Å²) in [5.74, 6) is 0. The Bertz CT molecular complexity index is 348. The fourth-order valence-electron chi connectivity index (χ4n) is 3.97. The molecule has 0 amide bonds. The number of nitrogens with one attached hydrogen (secondary N) is 1. The predicted octanol–water partition coefficient (Wildman–Crippen LogP) is 5.16. The predicted molar refractivity (Wildman–Crippen MR) is 101 cm³/mol. The van der Waals surface area contributed by atoms with Crippen LogP contribution in [0.15, 0.2) is 0 Å². The molecule has 1 saturated heterocycles. The van der Waals surface area contributed by atoms with Gasteiger partial charge in [-0.2, -0.15) is 5.06 Å². The first-order valence-corrected chi connectivity index (χ1v) is 9.71. The second-order valence-electron chi connectivity index (χ2n) is 9.51. The van der Waals surface area contributed by atoms with Crippen molar-refractivity contribution in [2.75, 3.05) is 13.2 Å². The third-order valence-electron chi connectivity index (χ3n) is 5.19. The van der Waals surface area contributed by atoms with E-state index < -0.39 is 0 Å². The van der Waals surface area contributed by atoms with Crippen molar-refractivity contribution >= 4 is 0 Å². The fourth-order valence-corrected chi connectivity index (χ4v) is 3.97. The monoisotopic (exact) mass is 326 g/mol. The lowest BCUT2D eigenvalue weighted by Gasteiger charge is -2.55. The minimum atomic E-state index is 0.0832. The lowest BCUT2D eigenvalue weighted by atomic mass is 9.76. The summed E-state index contributed by atoms with van der Waals surface area (Å²) in [6, 6.07) is 0.594. The number of hydrogen-bond acceptors (Lipinski definition) is 3. The van der Waals surface area contributed by atoms with Crippen molar-refractivity contribution in [1.29, 1.82) is 0 Å². The molecular weight excluding hydrogens is 284 g/mol. The first kappa shape index (κ1) is 20.9. The van der Waals surface area contributed by atoms with E-state index in [1.54, 1.807) is 0 Å². The van der Waals surface area contributed by atoms with Gasteiger partial charge in [-0.05, 0) is 71.3 Å². The van der Waals surface area contributed by atoms with E-state index in [0.29, 0.717) is 11.5 Å². The van der Waals surface area contributed by atoms with Gasteiger partial charge in [0, 0.05) is 17.1 Å². The van der Waals surface area contributed by atoms with E-state index in [4.69, 9.17) is 4.84 Å². The van der Waals surface area contributed by atoms with Gasteiger partial charge in [-0.1, -0.05) is 34.6 Å². The van der Waals surface area contributed by atoms with Crippen LogP contribution in [0.3, 0.4) is 0 Å². The summed E-state index contributed by atoms with van der Waals surface area (Å²) < 4.78 is 0. The van der Waals surface area contributed by atoms with Crippen LogP contribution in [-0.2, 0) is 4.84 Å². The molecule has 0 spiro atoms. The van der Waals surface area contributed by atoms with Crippen LogP contribution >= 0.6 is 0 Å². The van der Waals surface area contributed by atoms with Crippen LogP contribution in [0.2, 0.25) is 0 Å². The van der Waals surface area contributed by atoms with E-state index in [0.717, 1.165) is 32.4 Å². The second-order valence-corrected chi connectivity index (χ2v) is 9.51. The van der Waals surface area contributed by atoms with Crippen LogP contribution in [0.5, 0.6) is 0 Å². The molecule has 2 atom stereocenters. The summed E-state index contributed by atoms with van der Waals surface area (Å²) in [5, 5.41) is 6.15. The summed E-state index contributed by atoms with van der Waals surface area (Å²) in [6.07, 6.45) is 7.07. The molecule has 1 aliphatic heterocycles. The smallest absolute Gasteiger partial charge is 0.0683 e. The van der Waals surface area contributed by atoms with Crippen molar-refractivity contribution in [3.63, 3.8) is 0 Å². The maximum absolute atomic E-state index is 6.18. The quantitative estimate of drug-likeness (QED) is 0.624. The Kier molecular flexibility index (Phi) is 7.56. The number of piperidine rings is 1. The standard InChI is InChI=1S/C20H42N2O/c1-9-14-23-22-19(6,7)15-17(16-20(22,8)10-2)21-13-11-12-18(3,4)5/h17,21H,9-16H2,1-8H3. The van der Waals surface area contributed by atoms with Gasteiger partial charge in [-0.3, -0.25) is 4.84 Å². The van der Waals surface area contributed by atoms with Crippen molar-refractivity contribution in [1.82, 2.24) is 10.4 Å². The third-order valence-corrected chi connectivity index (χ3v) is 5.19. The first-order valence-electron chi connectivity index (χ1n) is 9.71. The van der Waals surface area contributed by atoms with Crippen molar-refractivity contribution in [3.05, 3.63) is 0 Å². The summed E-state index contributed by atoms with van der Waals surface area (Å²) >= 11 is 0. The molecule has 0 aliphatic carbocycles. The molecule has 1 N–H and O–H groups in total. The maximum Gasteiger partial charge on any atom is 0.0683 e. The normalized spacial score (nSPS) is 29.0. The number of rotatable bonds is 8. The fraction of sp³-hybridized carbons (Fsp3) is 1.00. The molecular formula is C20H42N2O. The van der Waals surface area contributed by atoms with E-state index in [9.17, 15) is 0 Å². The lowest BCUT2D eigenvalue weighted by Crippen LogP contribution is -2.64. The minimum Gasteiger partial charge on any atom is -0.314 e. The SMILES string of the molecule is CCCON1C(C)(C)CC(NCCCC(C)(C)C)CC1(C)CC. The molecule has 23 heavy (non-hydrogen) atoms. The van der Waals surface area contributed by atoms with Crippen LogP contribution in [0.25, 0.3) is 0 Å². The average Bonchev–Trinajstić information content (AvgIpc) is 2.41. The zero-order chi connectivity index (χ0) is 17.7. The zero-order valence-electron chi connectivity index (χ0n) is 17.1. The van der Waals surface area contributed by atoms with Crippen molar-refractivity contribution < 1.29 is 4.84 Å². The Morgan fingerprint density at radius 1 is 1.13 bits per heavy atom. The van der Waals surface area contributed by atoms with Crippen molar-refractivity contribution in [2.24, 2.45) is 5.41 Å². The molecule has 1 aliphatic rings. The lowest BCUT2D eigenvalue weighted by molar-refractivity contribution is -0.289. The van der Waals surface area contributed by atoms with Gasteiger partial charge in [0.2, 0.25) is 0 Å². The Morgan fingerprint density at radius 3 is 2.30 bits per heavy atom. The largest absolute Gasteiger partial charge is 0.314 e. The van der Waals surface area contributed by atoms with Crippen LogP contribution in [0, 0.1) is 5.41 Å².